The van der Waals surface area contributed by atoms with Crippen LogP contribution in [-0.2, 0) is 16.1 Å². The van der Waals surface area contributed by atoms with Crippen molar-refractivity contribution in [1.82, 2.24) is 9.88 Å². The molecule has 6 nitrogen and oxygen atoms in total. The number of aromatic nitrogens is 1. The molecule has 0 aliphatic carbocycles. The maximum Gasteiger partial charge on any atom is 0.339 e. The number of carbonyl (C=O) groups excluding carboxylic acids is 2. The molecule has 3 rings (SSSR count). The van der Waals surface area contributed by atoms with E-state index in [0.717, 1.165) is 16.8 Å². The molecule has 0 atom stereocenters. The number of benzene rings is 2. The zero-order valence-electron chi connectivity index (χ0n) is 17.7. The molecule has 0 fully saturated rings. The lowest BCUT2D eigenvalue weighted by Gasteiger charge is -2.19. The molecule has 156 valence electrons. The summed E-state index contributed by atoms with van der Waals surface area (Å²) in [4.78, 5) is 31.4. The van der Waals surface area contributed by atoms with E-state index in [0.29, 0.717) is 23.2 Å². The number of amides is 1. The molecule has 3 aromatic rings. The van der Waals surface area contributed by atoms with E-state index in [1.165, 1.54) is 4.90 Å². The van der Waals surface area contributed by atoms with Gasteiger partial charge in [0.15, 0.2) is 6.61 Å². The van der Waals surface area contributed by atoms with Gasteiger partial charge in [0.05, 0.1) is 18.2 Å². The molecule has 0 aliphatic heterocycles. The molecule has 0 bridgehead atoms. The van der Waals surface area contributed by atoms with E-state index in [1.54, 1.807) is 20.2 Å². The Morgan fingerprint density at radius 1 is 1.07 bits per heavy atom. The third-order valence-electron chi connectivity index (χ3n) is 4.90. The third-order valence-corrected chi connectivity index (χ3v) is 4.90. The number of fused-ring (bicyclic) bond motifs is 1. The van der Waals surface area contributed by atoms with Gasteiger partial charge in [0, 0.05) is 30.2 Å². The van der Waals surface area contributed by atoms with Crippen LogP contribution in [0.25, 0.3) is 10.9 Å². The Morgan fingerprint density at radius 3 is 2.50 bits per heavy atom. The SMILES string of the molecule is COc1ccccc1CN(C)C(=O)COC(=O)c1cc(C(C)C)nc2ccccc12. The first-order valence-corrected chi connectivity index (χ1v) is 9.83. The molecule has 0 N–H and O–H groups in total. The monoisotopic (exact) mass is 406 g/mol. The minimum absolute atomic E-state index is 0.162. The van der Waals surface area contributed by atoms with Gasteiger partial charge >= 0.3 is 5.97 Å². The number of hydrogen-bond donors (Lipinski definition) is 0. The summed E-state index contributed by atoms with van der Waals surface area (Å²) >= 11 is 0. The third kappa shape index (κ3) is 4.76. The lowest BCUT2D eigenvalue weighted by Crippen LogP contribution is -2.31. The van der Waals surface area contributed by atoms with Crippen LogP contribution < -0.4 is 4.74 Å². The molecule has 0 unspecified atom stereocenters. The molecule has 1 heterocycles. The number of carbonyl (C=O) groups is 2. The van der Waals surface area contributed by atoms with Crippen LogP contribution in [0.4, 0.5) is 0 Å². The first-order chi connectivity index (χ1) is 14.4. The molecule has 1 aromatic heterocycles. The maximum absolute atomic E-state index is 12.8. The van der Waals surface area contributed by atoms with Crippen molar-refractivity contribution in [3.05, 3.63) is 71.4 Å². The zero-order valence-corrected chi connectivity index (χ0v) is 17.7. The molecule has 2 aromatic carbocycles. The number of ether oxygens (including phenoxy) is 2. The fraction of sp³-hybridized carbons (Fsp3) is 0.292. The van der Waals surface area contributed by atoms with E-state index >= 15 is 0 Å². The van der Waals surface area contributed by atoms with E-state index < -0.39 is 5.97 Å². The lowest BCUT2D eigenvalue weighted by atomic mass is 10.0. The number of rotatable bonds is 7. The summed E-state index contributed by atoms with van der Waals surface area (Å²) in [5.74, 6) is 0.0413. The largest absolute Gasteiger partial charge is 0.496 e. The smallest absolute Gasteiger partial charge is 0.339 e. The Bertz CT molecular complexity index is 1060. The molecular formula is C24H26N2O4. The van der Waals surface area contributed by atoms with E-state index in [1.807, 2.05) is 62.4 Å². The normalized spacial score (nSPS) is 10.8. The fourth-order valence-electron chi connectivity index (χ4n) is 3.15. The van der Waals surface area contributed by atoms with Gasteiger partial charge in [-0.1, -0.05) is 50.2 Å². The number of esters is 1. The molecule has 0 aliphatic rings. The van der Waals surface area contributed by atoms with Crippen LogP contribution in [0.2, 0.25) is 0 Å². The summed E-state index contributed by atoms with van der Waals surface area (Å²) in [5.41, 5.74) is 2.84. The predicted octanol–water partition coefficient (Wildman–Crippen LogP) is 4.18. The number of nitrogens with zero attached hydrogens (tertiary/aromatic N) is 2. The highest BCUT2D eigenvalue weighted by Crippen LogP contribution is 2.23. The summed E-state index contributed by atoms with van der Waals surface area (Å²) < 4.78 is 10.7. The first-order valence-electron chi connectivity index (χ1n) is 9.83. The number of methoxy groups -OCH3 is 1. The van der Waals surface area contributed by atoms with Crippen LogP contribution in [-0.4, -0.2) is 42.5 Å². The van der Waals surface area contributed by atoms with E-state index in [-0.39, 0.29) is 18.4 Å². The molecule has 0 radical (unpaired) electrons. The molecule has 0 saturated heterocycles. The van der Waals surface area contributed by atoms with Crippen molar-refractivity contribution < 1.29 is 19.1 Å². The molecule has 1 amide bonds. The summed E-state index contributed by atoms with van der Waals surface area (Å²) in [7, 11) is 3.26. The quantitative estimate of drug-likeness (QED) is 0.551. The van der Waals surface area contributed by atoms with Crippen molar-refractivity contribution in [2.24, 2.45) is 0 Å². The lowest BCUT2D eigenvalue weighted by molar-refractivity contribution is -0.133. The number of pyridine rings is 1. The number of hydrogen-bond acceptors (Lipinski definition) is 5. The van der Waals surface area contributed by atoms with E-state index in [9.17, 15) is 9.59 Å². The highest BCUT2D eigenvalue weighted by molar-refractivity contribution is 6.04. The van der Waals surface area contributed by atoms with Gasteiger partial charge in [0.25, 0.3) is 5.91 Å². The van der Waals surface area contributed by atoms with Crippen LogP contribution >= 0.6 is 0 Å². The summed E-state index contributed by atoms with van der Waals surface area (Å²) in [5, 5.41) is 0.710. The minimum atomic E-state index is -0.533. The van der Waals surface area contributed by atoms with Gasteiger partial charge in [0.2, 0.25) is 0 Å². The predicted molar refractivity (Wildman–Crippen MR) is 116 cm³/mol. The minimum Gasteiger partial charge on any atom is -0.496 e. The van der Waals surface area contributed by atoms with Crippen LogP contribution in [0.15, 0.2) is 54.6 Å². The zero-order chi connectivity index (χ0) is 21.7. The second kappa shape index (κ2) is 9.39. The van der Waals surface area contributed by atoms with Crippen molar-refractivity contribution in [3.63, 3.8) is 0 Å². The van der Waals surface area contributed by atoms with E-state index in [4.69, 9.17) is 9.47 Å². The molecular weight excluding hydrogens is 380 g/mol. The highest BCUT2D eigenvalue weighted by atomic mass is 16.5. The Labute approximate surface area is 176 Å². The van der Waals surface area contributed by atoms with Crippen LogP contribution in [0.1, 0.15) is 41.4 Å². The van der Waals surface area contributed by atoms with Gasteiger partial charge in [-0.15, -0.1) is 0 Å². The van der Waals surface area contributed by atoms with Gasteiger partial charge in [0.1, 0.15) is 5.75 Å². The Morgan fingerprint density at radius 2 is 1.77 bits per heavy atom. The highest BCUT2D eigenvalue weighted by Gasteiger charge is 2.18. The second-order valence-electron chi connectivity index (χ2n) is 7.40. The van der Waals surface area contributed by atoms with Gasteiger partial charge in [-0.3, -0.25) is 9.78 Å². The van der Waals surface area contributed by atoms with Crippen molar-refractivity contribution >= 4 is 22.8 Å². The maximum atomic E-state index is 12.8. The molecule has 30 heavy (non-hydrogen) atoms. The first kappa shape index (κ1) is 21.3. The van der Waals surface area contributed by atoms with E-state index in [2.05, 4.69) is 4.98 Å². The van der Waals surface area contributed by atoms with Gasteiger partial charge < -0.3 is 14.4 Å². The van der Waals surface area contributed by atoms with Gasteiger partial charge in [-0.05, 0) is 24.1 Å². The average molecular weight is 406 g/mol. The van der Waals surface area contributed by atoms with Crippen molar-refractivity contribution in [2.75, 3.05) is 20.8 Å². The fourth-order valence-corrected chi connectivity index (χ4v) is 3.15. The summed E-state index contributed by atoms with van der Waals surface area (Å²) in [6.45, 7) is 4.05. The van der Waals surface area contributed by atoms with Gasteiger partial charge in [-0.25, -0.2) is 4.79 Å². The van der Waals surface area contributed by atoms with Crippen molar-refractivity contribution in [1.29, 1.82) is 0 Å². The second-order valence-corrected chi connectivity index (χ2v) is 7.40. The summed E-state index contributed by atoms with van der Waals surface area (Å²) in [6, 6.07) is 16.7. The topological polar surface area (TPSA) is 68.7 Å². The molecule has 6 heteroatoms. The van der Waals surface area contributed by atoms with Crippen LogP contribution in [0.5, 0.6) is 5.75 Å². The molecule has 0 saturated carbocycles. The number of likely N-dealkylation sites (N-methyl/N-ethyl adjacent to an activating group) is 1. The Kier molecular flexibility index (Phi) is 6.67. The number of para-hydroxylation sites is 2. The Hall–Kier alpha value is -3.41. The van der Waals surface area contributed by atoms with Crippen LogP contribution in [0, 0.1) is 0 Å². The standard InChI is InChI=1S/C24H26N2O4/c1-16(2)21-13-19(18-10-6-7-11-20(18)25-21)24(28)30-15-23(27)26(3)14-17-9-5-8-12-22(17)29-4/h5-13,16H,14-15H2,1-4H3. The average Bonchev–Trinajstić information content (AvgIpc) is 2.76. The van der Waals surface area contributed by atoms with Crippen molar-refractivity contribution in [2.45, 2.75) is 26.3 Å². The summed E-state index contributed by atoms with van der Waals surface area (Å²) in [6.07, 6.45) is 0. The molecule has 0 spiro atoms. The van der Waals surface area contributed by atoms with Gasteiger partial charge in [-0.2, -0.15) is 0 Å². The Balaban J connectivity index is 1.71. The van der Waals surface area contributed by atoms with Crippen molar-refractivity contribution in [3.8, 4) is 5.75 Å². The van der Waals surface area contributed by atoms with Crippen LogP contribution in [0.3, 0.4) is 0 Å².